The van der Waals surface area contributed by atoms with Crippen molar-refractivity contribution in [2.24, 2.45) is 5.92 Å². The van der Waals surface area contributed by atoms with Crippen LogP contribution < -0.4 is 4.74 Å². The van der Waals surface area contributed by atoms with E-state index in [4.69, 9.17) is 9.47 Å². The average molecular weight is 332 g/mol. The number of ketones is 1. The van der Waals surface area contributed by atoms with Crippen molar-refractivity contribution in [1.29, 1.82) is 0 Å². The zero-order valence-electron chi connectivity index (χ0n) is 9.03. The summed E-state index contributed by atoms with van der Waals surface area (Å²) >= 11 is 2.20. The van der Waals surface area contributed by atoms with Crippen LogP contribution in [0, 0.1) is 9.49 Å². The molecule has 0 radical (unpaired) electrons. The summed E-state index contributed by atoms with van der Waals surface area (Å²) in [5, 5.41) is 0. The highest BCUT2D eigenvalue weighted by atomic mass is 127. The van der Waals surface area contributed by atoms with Crippen LogP contribution in [0.2, 0.25) is 0 Å². The minimum absolute atomic E-state index is 0.00731. The van der Waals surface area contributed by atoms with Gasteiger partial charge in [-0.1, -0.05) is 0 Å². The lowest BCUT2D eigenvalue weighted by molar-refractivity contribution is 0.0897. The molecule has 2 rings (SSSR count). The molecule has 16 heavy (non-hydrogen) atoms. The van der Waals surface area contributed by atoms with Crippen LogP contribution in [0.5, 0.6) is 5.75 Å². The van der Waals surface area contributed by atoms with E-state index in [1.165, 1.54) is 0 Å². The second kappa shape index (κ2) is 5.14. The van der Waals surface area contributed by atoms with E-state index >= 15 is 0 Å². The van der Waals surface area contributed by atoms with Crippen LogP contribution >= 0.6 is 22.6 Å². The molecule has 0 N–H and O–H groups in total. The Balaban J connectivity index is 2.30. The lowest BCUT2D eigenvalue weighted by Gasteiger charge is -2.11. The highest BCUT2D eigenvalue weighted by Crippen LogP contribution is 2.26. The molecule has 0 saturated carbocycles. The van der Waals surface area contributed by atoms with Crippen LogP contribution in [0.1, 0.15) is 16.8 Å². The Morgan fingerprint density at radius 2 is 2.38 bits per heavy atom. The van der Waals surface area contributed by atoms with Crippen LogP contribution in [0.4, 0.5) is 0 Å². The van der Waals surface area contributed by atoms with Gasteiger partial charge in [0, 0.05) is 16.1 Å². The molecule has 0 aliphatic carbocycles. The summed E-state index contributed by atoms with van der Waals surface area (Å²) in [6.45, 7) is 1.22. The molecule has 1 atom stereocenters. The standard InChI is InChI=1S/C12H13IO3/c1-15-11-3-2-9(13)6-10(11)12(14)8-4-5-16-7-8/h2-3,6,8H,4-5,7H2,1H3. The molecule has 0 spiro atoms. The Labute approximate surface area is 108 Å². The molecule has 0 amide bonds. The minimum Gasteiger partial charge on any atom is -0.496 e. The van der Waals surface area contributed by atoms with Crippen molar-refractivity contribution in [2.75, 3.05) is 20.3 Å². The normalized spacial score (nSPS) is 19.8. The summed E-state index contributed by atoms with van der Waals surface area (Å²) in [5.74, 6) is 0.775. The molecule has 1 saturated heterocycles. The Hall–Kier alpha value is -0.620. The summed E-state index contributed by atoms with van der Waals surface area (Å²) in [4.78, 5) is 12.2. The third kappa shape index (κ3) is 2.38. The first-order valence-corrected chi connectivity index (χ1v) is 6.25. The number of methoxy groups -OCH3 is 1. The van der Waals surface area contributed by atoms with Crippen LogP contribution in [-0.4, -0.2) is 26.1 Å². The molecular weight excluding hydrogens is 319 g/mol. The molecule has 1 aliphatic heterocycles. The third-order valence-electron chi connectivity index (χ3n) is 2.73. The zero-order valence-corrected chi connectivity index (χ0v) is 11.2. The van der Waals surface area contributed by atoms with Crippen LogP contribution in [0.25, 0.3) is 0 Å². The number of benzene rings is 1. The van der Waals surface area contributed by atoms with Crippen molar-refractivity contribution in [3.63, 3.8) is 0 Å². The van der Waals surface area contributed by atoms with Crippen molar-refractivity contribution in [2.45, 2.75) is 6.42 Å². The van der Waals surface area contributed by atoms with Gasteiger partial charge in [-0.15, -0.1) is 0 Å². The molecule has 1 heterocycles. The van der Waals surface area contributed by atoms with Crippen LogP contribution in [0.15, 0.2) is 18.2 Å². The van der Waals surface area contributed by atoms with Crippen molar-refractivity contribution >= 4 is 28.4 Å². The van der Waals surface area contributed by atoms with Gasteiger partial charge in [-0.3, -0.25) is 4.79 Å². The van der Waals surface area contributed by atoms with Gasteiger partial charge < -0.3 is 9.47 Å². The Bertz CT molecular complexity index is 397. The van der Waals surface area contributed by atoms with E-state index in [-0.39, 0.29) is 11.7 Å². The van der Waals surface area contributed by atoms with E-state index in [0.717, 1.165) is 9.99 Å². The van der Waals surface area contributed by atoms with Gasteiger partial charge >= 0.3 is 0 Å². The maximum absolute atomic E-state index is 12.2. The van der Waals surface area contributed by atoms with Crippen molar-refractivity contribution in [3.05, 3.63) is 27.3 Å². The van der Waals surface area contributed by atoms with Crippen LogP contribution in [-0.2, 0) is 4.74 Å². The monoisotopic (exact) mass is 332 g/mol. The van der Waals surface area contributed by atoms with Crippen molar-refractivity contribution in [3.8, 4) is 5.75 Å². The average Bonchev–Trinajstić information content (AvgIpc) is 2.81. The van der Waals surface area contributed by atoms with Gasteiger partial charge in [-0.2, -0.15) is 0 Å². The lowest BCUT2D eigenvalue weighted by atomic mass is 9.96. The molecule has 1 aliphatic rings. The summed E-state index contributed by atoms with van der Waals surface area (Å²) in [6.07, 6.45) is 0.813. The largest absolute Gasteiger partial charge is 0.496 e. The Kier molecular flexibility index (Phi) is 3.81. The molecule has 1 fully saturated rings. The molecule has 1 unspecified atom stereocenters. The number of rotatable bonds is 3. The second-order valence-electron chi connectivity index (χ2n) is 3.77. The maximum atomic E-state index is 12.2. The third-order valence-corrected chi connectivity index (χ3v) is 3.40. The van der Waals surface area contributed by atoms with Crippen molar-refractivity contribution in [1.82, 2.24) is 0 Å². The van der Waals surface area contributed by atoms with E-state index < -0.39 is 0 Å². The van der Waals surface area contributed by atoms with Crippen LogP contribution in [0.3, 0.4) is 0 Å². The molecule has 0 aromatic heterocycles. The quantitative estimate of drug-likeness (QED) is 0.630. The topological polar surface area (TPSA) is 35.5 Å². The number of hydrogen-bond acceptors (Lipinski definition) is 3. The second-order valence-corrected chi connectivity index (χ2v) is 5.02. The van der Waals surface area contributed by atoms with Gasteiger partial charge in [0.25, 0.3) is 0 Å². The van der Waals surface area contributed by atoms with Gasteiger partial charge in [0.1, 0.15) is 5.75 Å². The zero-order chi connectivity index (χ0) is 11.5. The van der Waals surface area contributed by atoms with E-state index in [1.54, 1.807) is 7.11 Å². The summed E-state index contributed by atoms with van der Waals surface area (Å²) in [5.41, 5.74) is 0.671. The number of carbonyl (C=O) groups excluding carboxylic acids is 1. The lowest BCUT2D eigenvalue weighted by Crippen LogP contribution is -2.15. The minimum atomic E-state index is -0.00731. The van der Waals surface area contributed by atoms with Gasteiger partial charge in [-0.25, -0.2) is 0 Å². The van der Waals surface area contributed by atoms with Crippen molar-refractivity contribution < 1.29 is 14.3 Å². The molecule has 1 aromatic rings. The summed E-state index contributed by atoms with van der Waals surface area (Å²) < 4.78 is 11.5. The van der Waals surface area contributed by atoms with Gasteiger partial charge in [0.2, 0.25) is 0 Å². The number of hydrogen-bond donors (Lipinski definition) is 0. The highest BCUT2D eigenvalue weighted by Gasteiger charge is 2.26. The smallest absolute Gasteiger partial charge is 0.172 e. The first-order valence-electron chi connectivity index (χ1n) is 5.18. The first-order chi connectivity index (χ1) is 7.72. The number of ether oxygens (including phenoxy) is 2. The van der Waals surface area contributed by atoms with E-state index in [9.17, 15) is 4.79 Å². The predicted octanol–water partition coefficient (Wildman–Crippen LogP) is 2.52. The first kappa shape index (κ1) is 11.9. The van der Waals surface area contributed by atoms with Gasteiger partial charge in [0.15, 0.2) is 5.78 Å². The molecule has 4 heteroatoms. The number of carbonyl (C=O) groups is 1. The molecule has 86 valence electrons. The SMILES string of the molecule is COc1ccc(I)cc1C(=O)C1CCOC1. The molecule has 3 nitrogen and oxygen atoms in total. The van der Waals surface area contributed by atoms with E-state index in [2.05, 4.69) is 22.6 Å². The van der Waals surface area contributed by atoms with Gasteiger partial charge in [-0.05, 0) is 47.2 Å². The summed E-state index contributed by atoms with van der Waals surface area (Å²) in [6, 6.07) is 5.65. The fraction of sp³-hybridized carbons (Fsp3) is 0.417. The fourth-order valence-electron chi connectivity index (χ4n) is 1.83. The maximum Gasteiger partial charge on any atom is 0.172 e. The number of halogens is 1. The molecule has 1 aromatic carbocycles. The predicted molar refractivity (Wildman–Crippen MR) is 69.0 cm³/mol. The Morgan fingerprint density at radius 3 is 3.00 bits per heavy atom. The fourth-order valence-corrected chi connectivity index (χ4v) is 2.33. The van der Waals surface area contributed by atoms with Gasteiger partial charge in [0.05, 0.1) is 19.3 Å². The summed E-state index contributed by atoms with van der Waals surface area (Å²) in [7, 11) is 1.59. The molecular formula is C12H13IO3. The highest BCUT2D eigenvalue weighted by molar-refractivity contribution is 14.1. The Morgan fingerprint density at radius 1 is 1.56 bits per heavy atom. The van der Waals surface area contributed by atoms with E-state index in [1.807, 2.05) is 18.2 Å². The van der Waals surface area contributed by atoms with E-state index in [0.29, 0.717) is 24.5 Å². The molecule has 0 bridgehead atoms. The number of Topliss-reactive ketones (excluding diaryl/α,β-unsaturated/α-hetero) is 1.